The summed E-state index contributed by atoms with van der Waals surface area (Å²) < 4.78 is 0. The summed E-state index contributed by atoms with van der Waals surface area (Å²) in [5.74, 6) is 0.0734. The van der Waals surface area contributed by atoms with Crippen LogP contribution in [0.2, 0.25) is 0 Å². The number of pyridine rings is 1. The lowest BCUT2D eigenvalue weighted by atomic mass is 9.98. The molecule has 2 rings (SSSR count). The summed E-state index contributed by atoms with van der Waals surface area (Å²) >= 11 is 0. The molecule has 0 unspecified atom stereocenters. The van der Waals surface area contributed by atoms with E-state index < -0.39 is 0 Å². The number of carbonyl (C=O) groups is 1. The summed E-state index contributed by atoms with van der Waals surface area (Å²) in [4.78, 5) is 16.4. The summed E-state index contributed by atoms with van der Waals surface area (Å²) in [7, 11) is 0. The number of aromatic nitrogens is 1. The SMILES string of the molecule is CCc1cnccc1C(=O)c1ccc(C)cc1. The van der Waals surface area contributed by atoms with Crippen LogP contribution in [0.1, 0.15) is 34.0 Å². The van der Waals surface area contributed by atoms with Crippen molar-refractivity contribution in [3.63, 3.8) is 0 Å². The Morgan fingerprint density at radius 1 is 1.18 bits per heavy atom. The van der Waals surface area contributed by atoms with E-state index in [0.717, 1.165) is 28.7 Å². The second-order valence-corrected chi connectivity index (χ2v) is 4.08. The summed E-state index contributed by atoms with van der Waals surface area (Å²) in [6.45, 7) is 4.04. The lowest BCUT2D eigenvalue weighted by Gasteiger charge is -2.06. The molecule has 0 saturated heterocycles. The maximum Gasteiger partial charge on any atom is 0.193 e. The summed E-state index contributed by atoms with van der Waals surface area (Å²) in [5, 5.41) is 0. The smallest absolute Gasteiger partial charge is 0.193 e. The molecule has 0 aliphatic carbocycles. The zero-order chi connectivity index (χ0) is 12.3. The molecule has 1 aromatic heterocycles. The van der Waals surface area contributed by atoms with Gasteiger partial charge in [-0.3, -0.25) is 9.78 Å². The number of hydrogen-bond donors (Lipinski definition) is 0. The Balaban J connectivity index is 2.40. The van der Waals surface area contributed by atoms with Crippen LogP contribution in [0.4, 0.5) is 0 Å². The van der Waals surface area contributed by atoms with Crippen molar-refractivity contribution < 1.29 is 4.79 Å². The van der Waals surface area contributed by atoms with E-state index in [2.05, 4.69) is 4.98 Å². The van der Waals surface area contributed by atoms with Crippen LogP contribution in [0.3, 0.4) is 0 Å². The van der Waals surface area contributed by atoms with Crippen LogP contribution in [0.15, 0.2) is 42.7 Å². The van der Waals surface area contributed by atoms with E-state index in [-0.39, 0.29) is 5.78 Å². The fraction of sp³-hybridized carbons (Fsp3) is 0.200. The fourth-order valence-electron chi connectivity index (χ4n) is 1.79. The first kappa shape index (κ1) is 11.5. The number of rotatable bonds is 3. The molecule has 0 atom stereocenters. The van der Waals surface area contributed by atoms with E-state index in [4.69, 9.17) is 0 Å². The lowest BCUT2D eigenvalue weighted by Crippen LogP contribution is -2.05. The highest BCUT2D eigenvalue weighted by Crippen LogP contribution is 2.14. The highest BCUT2D eigenvalue weighted by Gasteiger charge is 2.12. The molecular formula is C15H15NO. The van der Waals surface area contributed by atoms with Gasteiger partial charge in [0.05, 0.1) is 0 Å². The maximum absolute atomic E-state index is 12.3. The molecule has 0 bridgehead atoms. The van der Waals surface area contributed by atoms with E-state index in [0.29, 0.717) is 0 Å². The van der Waals surface area contributed by atoms with Crippen molar-refractivity contribution in [1.29, 1.82) is 0 Å². The minimum absolute atomic E-state index is 0.0734. The Labute approximate surface area is 101 Å². The van der Waals surface area contributed by atoms with E-state index in [1.165, 1.54) is 0 Å². The second-order valence-electron chi connectivity index (χ2n) is 4.08. The van der Waals surface area contributed by atoms with Crippen molar-refractivity contribution >= 4 is 5.78 Å². The fourth-order valence-corrected chi connectivity index (χ4v) is 1.79. The van der Waals surface area contributed by atoms with Crippen molar-refractivity contribution in [2.45, 2.75) is 20.3 Å². The predicted molar refractivity (Wildman–Crippen MR) is 68.2 cm³/mol. The number of aryl methyl sites for hydroxylation is 2. The molecule has 0 saturated carbocycles. The normalized spacial score (nSPS) is 10.2. The Kier molecular flexibility index (Phi) is 3.33. The van der Waals surface area contributed by atoms with Gasteiger partial charge in [-0.15, -0.1) is 0 Å². The van der Waals surface area contributed by atoms with Gasteiger partial charge in [0.1, 0.15) is 0 Å². The van der Waals surface area contributed by atoms with Crippen LogP contribution < -0.4 is 0 Å². The zero-order valence-corrected chi connectivity index (χ0v) is 10.1. The molecule has 2 nitrogen and oxygen atoms in total. The van der Waals surface area contributed by atoms with E-state index >= 15 is 0 Å². The molecule has 86 valence electrons. The third kappa shape index (κ3) is 2.41. The second kappa shape index (κ2) is 4.91. The Bertz CT molecular complexity index is 529. The average Bonchev–Trinajstić information content (AvgIpc) is 2.39. The third-order valence-electron chi connectivity index (χ3n) is 2.84. The van der Waals surface area contributed by atoms with Gasteiger partial charge in [0.25, 0.3) is 0 Å². The van der Waals surface area contributed by atoms with Crippen LogP contribution in [-0.2, 0) is 6.42 Å². The summed E-state index contributed by atoms with van der Waals surface area (Å²) in [6, 6.07) is 9.45. The third-order valence-corrected chi connectivity index (χ3v) is 2.84. The van der Waals surface area contributed by atoms with Gasteiger partial charge in [0.15, 0.2) is 5.78 Å². The number of carbonyl (C=O) groups excluding carboxylic acids is 1. The molecule has 1 aromatic carbocycles. The molecule has 0 radical (unpaired) electrons. The van der Waals surface area contributed by atoms with Gasteiger partial charge in [-0.2, -0.15) is 0 Å². The first-order valence-electron chi connectivity index (χ1n) is 5.76. The van der Waals surface area contributed by atoms with Gasteiger partial charge >= 0.3 is 0 Å². The molecule has 0 amide bonds. The van der Waals surface area contributed by atoms with Gasteiger partial charge < -0.3 is 0 Å². The van der Waals surface area contributed by atoms with Crippen LogP contribution >= 0.6 is 0 Å². The van der Waals surface area contributed by atoms with E-state index in [1.54, 1.807) is 18.5 Å². The van der Waals surface area contributed by atoms with Crippen LogP contribution in [0.5, 0.6) is 0 Å². The van der Waals surface area contributed by atoms with Gasteiger partial charge in [0, 0.05) is 23.5 Å². The van der Waals surface area contributed by atoms with Gasteiger partial charge in [-0.1, -0.05) is 36.8 Å². The first-order valence-corrected chi connectivity index (χ1v) is 5.76. The minimum atomic E-state index is 0.0734. The van der Waals surface area contributed by atoms with Crippen LogP contribution in [0.25, 0.3) is 0 Å². The zero-order valence-electron chi connectivity index (χ0n) is 10.1. The molecule has 2 heteroatoms. The quantitative estimate of drug-likeness (QED) is 0.751. The number of nitrogens with zero attached hydrogens (tertiary/aromatic N) is 1. The molecule has 0 N–H and O–H groups in total. The Morgan fingerprint density at radius 2 is 1.88 bits per heavy atom. The molecule has 0 spiro atoms. The predicted octanol–water partition coefficient (Wildman–Crippen LogP) is 3.18. The molecule has 1 heterocycles. The number of benzene rings is 1. The molecule has 0 aliphatic rings. The largest absolute Gasteiger partial charge is 0.289 e. The van der Waals surface area contributed by atoms with Gasteiger partial charge in [0.2, 0.25) is 0 Å². The highest BCUT2D eigenvalue weighted by atomic mass is 16.1. The number of ketones is 1. The topological polar surface area (TPSA) is 30.0 Å². The average molecular weight is 225 g/mol. The highest BCUT2D eigenvalue weighted by molar-refractivity contribution is 6.09. The van der Waals surface area contributed by atoms with E-state index in [1.807, 2.05) is 38.1 Å². The van der Waals surface area contributed by atoms with E-state index in [9.17, 15) is 4.79 Å². The standard InChI is InChI=1S/C15H15NO/c1-3-12-10-16-9-8-14(12)15(17)13-6-4-11(2)5-7-13/h4-10H,3H2,1-2H3. The maximum atomic E-state index is 12.3. The van der Waals surface area contributed by atoms with Crippen molar-refractivity contribution in [2.75, 3.05) is 0 Å². The van der Waals surface area contributed by atoms with Crippen LogP contribution in [0, 0.1) is 6.92 Å². The summed E-state index contributed by atoms with van der Waals surface area (Å²) in [5.41, 5.74) is 3.65. The number of hydrogen-bond acceptors (Lipinski definition) is 2. The monoisotopic (exact) mass is 225 g/mol. The molecule has 0 aliphatic heterocycles. The molecule has 2 aromatic rings. The van der Waals surface area contributed by atoms with Crippen LogP contribution in [-0.4, -0.2) is 10.8 Å². The Morgan fingerprint density at radius 3 is 2.53 bits per heavy atom. The minimum Gasteiger partial charge on any atom is -0.289 e. The molecule has 17 heavy (non-hydrogen) atoms. The van der Waals surface area contributed by atoms with Crippen molar-refractivity contribution in [2.24, 2.45) is 0 Å². The van der Waals surface area contributed by atoms with Crippen molar-refractivity contribution in [3.8, 4) is 0 Å². The molecular weight excluding hydrogens is 210 g/mol. The first-order chi connectivity index (χ1) is 8.22. The van der Waals surface area contributed by atoms with Crippen molar-refractivity contribution in [3.05, 3.63) is 65.0 Å². The van der Waals surface area contributed by atoms with Crippen molar-refractivity contribution in [1.82, 2.24) is 4.98 Å². The lowest BCUT2D eigenvalue weighted by molar-refractivity contribution is 0.103. The van der Waals surface area contributed by atoms with Gasteiger partial charge in [-0.25, -0.2) is 0 Å². The summed E-state index contributed by atoms with van der Waals surface area (Å²) in [6.07, 6.45) is 4.25. The molecule has 0 fully saturated rings. The Hall–Kier alpha value is -1.96. The van der Waals surface area contributed by atoms with Gasteiger partial charge in [-0.05, 0) is 25.0 Å².